The minimum absolute atomic E-state index is 0.0792. The Bertz CT molecular complexity index is 2020. The summed E-state index contributed by atoms with van der Waals surface area (Å²) in [5, 5.41) is 8.57. The molecule has 3 aromatic carbocycles. The van der Waals surface area contributed by atoms with Gasteiger partial charge in [0.2, 0.25) is 0 Å². The van der Waals surface area contributed by atoms with Crippen LogP contribution in [0.5, 0.6) is 5.75 Å². The van der Waals surface area contributed by atoms with Crippen LogP contribution in [0.3, 0.4) is 0 Å². The van der Waals surface area contributed by atoms with Crippen molar-refractivity contribution in [2.45, 2.75) is 56.2 Å². The first kappa shape index (κ1) is 37.0. The average molecular weight is 839 g/mol. The predicted molar refractivity (Wildman–Crippen MR) is 208 cm³/mol. The summed E-state index contributed by atoms with van der Waals surface area (Å²) in [5.74, 6) is -0.332. The Balaban J connectivity index is 0.887. The lowest BCUT2D eigenvalue weighted by molar-refractivity contribution is -0.0205. The molecule has 0 aliphatic carbocycles. The SMILES string of the molecule is CC(C)(C)C(I)Cn1ncn(-c2ccc(N3CCN(c4ccc(OCCC5COC(Cn6cncn6)(c6ccc(F)cc6F)C5)cc4)CC3)cc2)c1=O. The van der Waals surface area contributed by atoms with Crippen LogP contribution in [0.25, 0.3) is 5.69 Å². The van der Waals surface area contributed by atoms with Gasteiger partial charge < -0.3 is 19.3 Å². The molecule has 7 rings (SSSR count). The van der Waals surface area contributed by atoms with E-state index in [4.69, 9.17) is 9.47 Å². The summed E-state index contributed by atoms with van der Waals surface area (Å²) in [6.45, 7) is 11.8. The highest BCUT2D eigenvalue weighted by Gasteiger charge is 2.44. The molecular formula is C39H45F2IN8O3. The number of hydrogen-bond donors (Lipinski definition) is 0. The summed E-state index contributed by atoms with van der Waals surface area (Å²) >= 11 is 2.40. The third kappa shape index (κ3) is 8.43. The summed E-state index contributed by atoms with van der Waals surface area (Å²) < 4.78 is 46.1. The maximum atomic E-state index is 15.0. The number of benzene rings is 3. The number of hydrogen-bond acceptors (Lipinski definition) is 8. The van der Waals surface area contributed by atoms with Crippen LogP contribution in [0, 0.1) is 23.0 Å². The number of anilines is 2. The van der Waals surface area contributed by atoms with E-state index in [0.717, 1.165) is 61.5 Å². The Morgan fingerprint density at radius 3 is 2.21 bits per heavy atom. The molecule has 0 saturated carbocycles. The number of piperazine rings is 1. The van der Waals surface area contributed by atoms with E-state index in [0.29, 0.717) is 31.7 Å². The van der Waals surface area contributed by atoms with E-state index in [1.807, 2.05) is 24.3 Å². The van der Waals surface area contributed by atoms with E-state index in [1.54, 1.807) is 26.6 Å². The normalized spacial score (nSPS) is 19.8. The lowest BCUT2D eigenvalue weighted by Gasteiger charge is -2.37. The summed E-state index contributed by atoms with van der Waals surface area (Å²) in [6, 6.07) is 20.0. The van der Waals surface area contributed by atoms with Crippen LogP contribution in [-0.2, 0) is 23.4 Å². The van der Waals surface area contributed by atoms with E-state index in [2.05, 4.69) is 92.6 Å². The van der Waals surface area contributed by atoms with Crippen molar-refractivity contribution in [3.8, 4) is 11.4 Å². The Hall–Kier alpha value is -4.31. The number of aromatic nitrogens is 6. The molecule has 0 amide bonds. The average Bonchev–Trinajstić information content (AvgIpc) is 3.90. The smallest absolute Gasteiger partial charge is 0.350 e. The standard InChI is InChI=1S/C39H45F2IN8O3/c1-38(2,3)36(42)22-50-37(51)49(27-45-50)32-7-5-30(6-8-32)46-15-17-47(18-16-46)31-9-11-33(12-10-31)52-19-14-28-21-39(53-23-28,24-48-26-43-25-44-48)34-13-4-29(40)20-35(34)41/h4-13,20,25-28,36H,14-19,21-24H2,1-3H3. The van der Waals surface area contributed by atoms with Gasteiger partial charge in [-0.15, -0.1) is 0 Å². The highest BCUT2D eigenvalue weighted by Crippen LogP contribution is 2.43. The number of rotatable bonds is 12. The van der Waals surface area contributed by atoms with E-state index < -0.39 is 17.2 Å². The van der Waals surface area contributed by atoms with Gasteiger partial charge in [-0.1, -0.05) is 49.4 Å². The predicted octanol–water partition coefficient (Wildman–Crippen LogP) is 6.48. The van der Waals surface area contributed by atoms with Gasteiger partial charge in [-0.2, -0.15) is 10.2 Å². The molecule has 11 nitrogen and oxygen atoms in total. The number of ether oxygens (including phenoxy) is 2. The van der Waals surface area contributed by atoms with Crippen LogP contribution in [0.4, 0.5) is 20.2 Å². The number of alkyl halides is 1. The summed E-state index contributed by atoms with van der Waals surface area (Å²) in [4.78, 5) is 21.8. The van der Waals surface area contributed by atoms with E-state index >= 15 is 0 Å². The summed E-state index contributed by atoms with van der Waals surface area (Å²) in [5.41, 5.74) is 2.39. The van der Waals surface area contributed by atoms with Gasteiger partial charge >= 0.3 is 5.69 Å². The first-order valence-corrected chi connectivity index (χ1v) is 19.3. The van der Waals surface area contributed by atoms with Gasteiger partial charge in [0.25, 0.3) is 0 Å². The number of halogens is 3. The first-order valence-electron chi connectivity index (χ1n) is 18.0. The van der Waals surface area contributed by atoms with Gasteiger partial charge in [0.1, 0.15) is 42.0 Å². The van der Waals surface area contributed by atoms with Crippen molar-refractivity contribution < 1.29 is 18.3 Å². The topological polar surface area (TPSA) is 95.5 Å². The molecule has 2 saturated heterocycles. The molecule has 2 aliphatic rings. The third-order valence-corrected chi connectivity index (χ3v) is 12.6. The Labute approximate surface area is 321 Å². The van der Waals surface area contributed by atoms with Crippen LogP contribution in [-0.4, -0.2) is 72.4 Å². The van der Waals surface area contributed by atoms with Crippen LogP contribution >= 0.6 is 22.6 Å². The lowest BCUT2D eigenvalue weighted by Crippen LogP contribution is -2.46. The fourth-order valence-corrected chi connectivity index (χ4v) is 7.45. The minimum Gasteiger partial charge on any atom is -0.494 e. The Kier molecular flexibility index (Phi) is 10.9. The van der Waals surface area contributed by atoms with Gasteiger partial charge in [0.15, 0.2) is 0 Å². The minimum atomic E-state index is -0.971. The van der Waals surface area contributed by atoms with Crippen LogP contribution in [0.15, 0.2) is 90.5 Å². The monoisotopic (exact) mass is 838 g/mol. The van der Waals surface area contributed by atoms with Crippen molar-refractivity contribution in [3.63, 3.8) is 0 Å². The van der Waals surface area contributed by atoms with Gasteiger partial charge in [0.05, 0.1) is 32.0 Å². The fraction of sp³-hybridized carbons (Fsp3) is 0.436. The fourth-order valence-electron chi connectivity index (χ4n) is 7.07. The third-order valence-electron chi connectivity index (χ3n) is 10.3. The van der Waals surface area contributed by atoms with Gasteiger partial charge in [-0.25, -0.2) is 32.5 Å². The second-order valence-electron chi connectivity index (χ2n) is 15.0. The summed E-state index contributed by atoms with van der Waals surface area (Å²) in [7, 11) is 0. The Morgan fingerprint density at radius 2 is 1.58 bits per heavy atom. The molecule has 0 spiro atoms. The molecule has 0 N–H and O–H groups in total. The van der Waals surface area contributed by atoms with Crippen molar-refractivity contribution in [1.29, 1.82) is 0 Å². The molecule has 2 aromatic heterocycles. The molecule has 14 heteroatoms. The second-order valence-corrected chi connectivity index (χ2v) is 16.5. The molecule has 2 fully saturated rings. The van der Waals surface area contributed by atoms with Crippen LogP contribution < -0.4 is 20.2 Å². The van der Waals surface area contributed by atoms with Gasteiger partial charge in [-0.05, 0) is 78.8 Å². The molecule has 0 radical (unpaired) electrons. The van der Waals surface area contributed by atoms with Crippen molar-refractivity contribution in [2.75, 3.05) is 49.2 Å². The van der Waals surface area contributed by atoms with E-state index in [9.17, 15) is 13.6 Å². The lowest BCUT2D eigenvalue weighted by atomic mass is 9.85. The van der Waals surface area contributed by atoms with E-state index in [1.165, 1.54) is 18.5 Å². The maximum absolute atomic E-state index is 15.0. The van der Waals surface area contributed by atoms with Crippen molar-refractivity contribution in [3.05, 3.63) is 113 Å². The molecule has 3 atom stereocenters. The van der Waals surface area contributed by atoms with Crippen LogP contribution in [0.2, 0.25) is 0 Å². The molecule has 53 heavy (non-hydrogen) atoms. The second kappa shape index (κ2) is 15.6. The highest BCUT2D eigenvalue weighted by atomic mass is 127. The maximum Gasteiger partial charge on any atom is 0.350 e. The number of nitrogens with zero attached hydrogens (tertiary/aromatic N) is 8. The molecule has 3 unspecified atom stereocenters. The zero-order valence-corrected chi connectivity index (χ0v) is 32.4. The molecule has 280 valence electrons. The van der Waals surface area contributed by atoms with E-state index in [-0.39, 0.29) is 27.5 Å². The first-order chi connectivity index (χ1) is 25.5. The Morgan fingerprint density at radius 1 is 0.925 bits per heavy atom. The quantitative estimate of drug-likeness (QED) is 0.104. The molecule has 2 aliphatic heterocycles. The molecular weight excluding hydrogens is 793 g/mol. The van der Waals surface area contributed by atoms with Gasteiger partial charge in [0, 0.05) is 53.1 Å². The van der Waals surface area contributed by atoms with Crippen LogP contribution in [0.1, 0.15) is 39.2 Å². The highest BCUT2D eigenvalue weighted by molar-refractivity contribution is 14.1. The summed E-state index contributed by atoms with van der Waals surface area (Å²) in [6.07, 6.45) is 5.89. The van der Waals surface area contributed by atoms with Gasteiger partial charge in [-0.3, -0.25) is 0 Å². The zero-order chi connectivity index (χ0) is 37.2. The zero-order valence-electron chi connectivity index (χ0n) is 30.2. The van der Waals surface area contributed by atoms with Crippen molar-refractivity contribution in [2.24, 2.45) is 11.3 Å². The molecule has 5 aromatic rings. The molecule has 4 heterocycles. The van der Waals surface area contributed by atoms with Crippen molar-refractivity contribution >= 4 is 34.0 Å². The molecule has 0 bridgehead atoms. The van der Waals surface area contributed by atoms with Crippen molar-refractivity contribution in [1.82, 2.24) is 29.1 Å². The largest absolute Gasteiger partial charge is 0.494 e.